The smallest absolute Gasteiger partial charge is 0.223 e. The summed E-state index contributed by atoms with van der Waals surface area (Å²) in [7, 11) is 0. The van der Waals surface area contributed by atoms with E-state index >= 15 is 0 Å². The SMILES string of the molecule is CC(C)C(C)C(=O)NCC1(N)CCCCC1. The summed E-state index contributed by atoms with van der Waals surface area (Å²) in [6.07, 6.45) is 5.78. The molecule has 0 aromatic heterocycles. The van der Waals surface area contributed by atoms with E-state index in [1.165, 1.54) is 19.3 Å². The van der Waals surface area contributed by atoms with Crippen LogP contribution in [0.1, 0.15) is 52.9 Å². The Kier molecular flexibility index (Phi) is 4.78. The Morgan fingerprint density at radius 2 is 1.81 bits per heavy atom. The van der Waals surface area contributed by atoms with Crippen LogP contribution in [0.2, 0.25) is 0 Å². The lowest BCUT2D eigenvalue weighted by Crippen LogP contribution is -2.52. The minimum Gasteiger partial charge on any atom is -0.354 e. The third-order valence-corrected chi connectivity index (χ3v) is 3.88. The largest absolute Gasteiger partial charge is 0.354 e. The molecule has 0 aromatic rings. The summed E-state index contributed by atoms with van der Waals surface area (Å²) in [5.41, 5.74) is 6.12. The molecule has 1 saturated carbocycles. The van der Waals surface area contributed by atoms with Crippen molar-refractivity contribution in [1.82, 2.24) is 5.32 Å². The number of carbonyl (C=O) groups excluding carboxylic acids is 1. The van der Waals surface area contributed by atoms with E-state index in [-0.39, 0.29) is 17.4 Å². The Morgan fingerprint density at radius 3 is 2.31 bits per heavy atom. The molecule has 0 aromatic carbocycles. The highest BCUT2D eigenvalue weighted by Crippen LogP contribution is 2.25. The Hall–Kier alpha value is -0.570. The van der Waals surface area contributed by atoms with Gasteiger partial charge in [-0.05, 0) is 18.8 Å². The second kappa shape index (κ2) is 5.67. The van der Waals surface area contributed by atoms with E-state index in [9.17, 15) is 4.79 Å². The zero-order valence-corrected chi connectivity index (χ0v) is 10.9. The number of nitrogens with two attached hydrogens (primary N) is 1. The van der Waals surface area contributed by atoms with Gasteiger partial charge in [0.25, 0.3) is 0 Å². The first kappa shape index (κ1) is 13.5. The summed E-state index contributed by atoms with van der Waals surface area (Å²) in [4.78, 5) is 11.8. The molecule has 94 valence electrons. The van der Waals surface area contributed by atoms with Crippen LogP contribution in [0.5, 0.6) is 0 Å². The van der Waals surface area contributed by atoms with Gasteiger partial charge < -0.3 is 11.1 Å². The molecular formula is C13H26N2O. The number of carbonyl (C=O) groups is 1. The van der Waals surface area contributed by atoms with Gasteiger partial charge in [0.2, 0.25) is 5.91 Å². The van der Waals surface area contributed by atoms with E-state index in [2.05, 4.69) is 19.2 Å². The second-order valence-corrected chi connectivity index (χ2v) is 5.67. The molecule has 0 aliphatic heterocycles. The first-order valence-electron chi connectivity index (χ1n) is 6.51. The second-order valence-electron chi connectivity index (χ2n) is 5.67. The van der Waals surface area contributed by atoms with Crippen molar-refractivity contribution in [3.63, 3.8) is 0 Å². The van der Waals surface area contributed by atoms with Gasteiger partial charge >= 0.3 is 0 Å². The van der Waals surface area contributed by atoms with Crippen molar-refractivity contribution in [3.8, 4) is 0 Å². The average Bonchev–Trinajstić information content (AvgIpc) is 2.26. The van der Waals surface area contributed by atoms with Crippen LogP contribution in [-0.2, 0) is 4.79 Å². The lowest BCUT2D eigenvalue weighted by atomic mass is 9.82. The van der Waals surface area contributed by atoms with E-state index < -0.39 is 0 Å². The Labute approximate surface area is 99.2 Å². The minimum atomic E-state index is -0.148. The number of nitrogens with one attached hydrogen (secondary N) is 1. The van der Waals surface area contributed by atoms with Gasteiger partial charge in [0.1, 0.15) is 0 Å². The quantitative estimate of drug-likeness (QED) is 0.771. The van der Waals surface area contributed by atoms with E-state index in [4.69, 9.17) is 5.73 Å². The molecule has 1 atom stereocenters. The molecular weight excluding hydrogens is 200 g/mol. The summed E-state index contributed by atoms with van der Waals surface area (Å²) < 4.78 is 0. The van der Waals surface area contributed by atoms with Crippen molar-refractivity contribution >= 4 is 5.91 Å². The van der Waals surface area contributed by atoms with Crippen LogP contribution >= 0.6 is 0 Å². The lowest BCUT2D eigenvalue weighted by Gasteiger charge is -2.34. The minimum absolute atomic E-state index is 0.0761. The molecule has 3 heteroatoms. The molecule has 16 heavy (non-hydrogen) atoms. The van der Waals surface area contributed by atoms with Crippen LogP contribution in [-0.4, -0.2) is 18.0 Å². The van der Waals surface area contributed by atoms with Crippen molar-refractivity contribution in [2.24, 2.45) is 17.6 Å². The molecule has 3 nitrogen and oxygen atoms in total. The Bertz CT molecular complexity index is 232. The predicted molar refractivity (Wildman–Crippen MR) is 67.0 cm³/mol. The van der Waals surface area contributed by atoms with Crippen LogP contribution in [0.4, 0.5) is 0 Å². The maximum atomic E-state index is 11.8. The predicted octanol–water partition coefficient (Wildman–Crippen LogP) is 2.06. The summed E-state index contributed by atoms with van der Waals surface area (Å²) in [5, 5.41) is 3.01. The van der Waals surface area contributed by atoms with Crippen molar-refractivity contribution in [2.75, 3.05) is 6.54 Å². The first-order chi connectivity index (χ1) is 7.44. The average molecular weight is 226 g/mol. The number of hydrogen-bond acceptors (Lipinski definition) is 2. The molecule has 3 N–H and O–H groups in total. The molecule has 0 radical (unpaired) electrons. The molecule has 1 rings (SSSR count). The molecule has 0 saturated heterocycles. The molecule has 0 spiro atoms. The lowest BCUT2D eigenvalue weighted by molar-refractivity contribution is -0.126. The highest BCUT2D eigenvalue weighted by atomic mass is 16.1. The van der Waals surface area contributed by atoms with Gasteiger partial charge in [-0.1, -0.05) is 40.0 Å². The van der Waals surface area contributed by atoms with Gasteiger partial charge in [-0.25, -0.2) is 0 Å². The summed E-state index contributed by atoms with van der Waals surface area (Å²) >= 11 is 0. The Morgan fingerprint density at radius 1 is 1.25 bits per heavy atom. The van der Waals surface area contributed by atoms with Gasteiger partial charge in [0, 0.05) is 18.0 Å². The zero-order chi connectivity index (χ0) is 12.2. The van der Waals surface area contributed by atoms with Crippen LogP contribution in [0, 0.1) is 11.8 Å². The van der Waals surface area contributed by atoms with Crippen molar-refractivity contribution in [1.29, 1.82) is 0 Å². The van der Waals surface area contributed by atoms with Crippen LogP contribution in [0.25, 0.3) is 0 Å². The fourth-order valence-electron chi connectivity index (χ4n) is 2.16. The standard InChI is InChI=1S/C13H26N2O/c1-10(2)11(3)12(16)15-9-13(14)7-5-4-6-8-13/h10-11H,4-9,14H2,1-3H3,(H,15,16). The maximum Gasteiger partial charge on any atom is 0.223 e. The van der Waals surface area contributed by atoms with E-state index in [1.54, 1.807) is 0 Å². The van der Waals surface area contributed by atoms with Gasteiger partial charge in [0.15, 0.2) is 0 Å². The maximum absolute atomic E-state index is 11.8. The van der Waals surface area contributed by atoms with Gasteiger partial charge in [0.05, 0.1) is 0 Å². The summed E-state index contributed by atoms with van der Waals surface area (Å²) in [5.74, 6) is 0.609. The van der Waals surface area contributed by atoms with Crippen LogP contribution in [0.15, 0.2) is 0 Å². The van der Waals surface area contributed by atoms with Crippen molar-refractivity contribution < 1.29 is 4.79 Å². The molecule has 1 unspecified atom stereocenters. The third kappa shape index (κ3) is 3.78. The van der Waals surface area contributed by atoms with E-state index in [0.717, 1.165) is 12.8 Å². The third-order valence-electron chi connectivity index (χ3n) is 3.88. The monoisotopic (exact) mass is 226 g/mol. The summed E-state index contributed by atoms with van der Waals surface area (Å²) in [6.45, 7) is 6.76. The fraction of sp³-hybridized carbons (Fsp3) is 0.923. The zero-order valence-electron chi connectivity index (χ0n) is 10.9. The van der Waals surface area contributed by atoms with Gasteiger partial charge in [-0.3, -0.25) is 4.79 Å². The van der Waals surface area contributed by atoms with Crippen LogP contribution < -0.4 is 11.1 Å². The van der Waals surface area contributed by atoms with Crippen molar-refractivity contribution in [2.45, 2.75) is 58.4 Å². The molecule has 0 heterocycles. The van der Waals surface area contributed by atoms with Gasteiger partial charge in [-0.2, -0.15) is 0 Å². The molecule has 0 bridgehead atoms. The molecule has 1 aliphatic carbocycles. The van der Waals surface area contributed by atoms with Crippen LogP contribution in [0.3, 0.4) is 0 Å². The highest BCUT2D eigenvalue weighted by molar-refractivity contribution is 5.78. The van der Waals surface area contributed by atoms with Gasteiger partial charge in [-0.15, -0.1) is 0 Å². The summed E-state index contributed by atoms with van der Waals surface area (Å²) in [6, 6.07) is 0. The highest BCUT2D eigenvalue weighted by Gasteiger charge is 2.28. The molecule has 1 fully saturated rings. The van der Waals surface area contributed by atoms with E-state index in [0.29, 0.717) is 12.5 Å². The molecule has 1 amide bonds. The number of rotatable bonds is 4. The molecule has 1 aliphatic rings. The first-order valence-corrected chi connectivity index (χ1v) is 6.51. The normalized spacial score (nSPS) is 21.8. The number of amides is 1. The topological polar surface area (TPSA) is 55.1 Å². The number of hydrogen-bond donors (Lipinski definition) is 2. The van der Waals surface area contributed by atoms with E-state index in [1.807, 2.05) is 6.92 Å². The fourth-order valence-corrected chi connectivity index (χ4v) is 2.16. The van der Waals surface area contributed by atoms with Crippen molar-refractivity contribution in [3.05, 3.63) is 0 Å². The Balaban J connectivity index is 2.35.